The largest absolute Gasteiger partial charge is 0.507 e. The number of benzene rings is 2. The van der Waals surface area contributed by atoms with Crippen molar-refractivity contribution in [1.82, 2.24) is 9.80 Å². The van der Waals surface area contributed by atoms with Gasteiger partial charge in [0.2, 0.25) is 0 Å². The van der Waals surface area contributed by atoms with Gasteiger partial charge in [-0.3, -0.25) is 9.59 Å². The van der Waals surface area contributed by atoms with Crippen molar-refractivity contribution in [3.63, 3.8) is 0 Å². The van der Waals surface area contributed by atoms with Crippen molar-refractivity contribution in [2.24, 2.45) is 0 Å². The van der Waals surface area contributed by atoms with Crippen LogP contribution in [0.2, 0.25) is 0 Å². The minimum absolute atomic E-state index is 0.0528. The summed E-state index contributed by atoms with van der Waals surface area (Å²) in [5, 5.41) is 11.4. The number of hydrogen-bond donors (Lipinski definition) is 1. The van der Waals surface area contributed by atoms with Gasteiger partial charge in [0.1, 0.15) is 11.5 Å². The number of nitrogens with zero attached hydrogens (tertiary/aromatic N) is 2. The number of likely N-dealkylation sites (tertiary alicyclic amines) is 1. The number of ether oxygens (including phenoxy) is 3. The van der Waals surface area contributed by atoms with Gasteiger partial charge in [-0.05, 0) is 82.7 Å². The first-order chi connectivity index (χ1) is 17.7. The second kappa shape index (κ2) is 12.6. The van der Waals surface area contributed by atoms with Crippen LogP contribution in [-0.4, -0.2) is 73.6 Å². The molecular weight excluding hydrogens is 472 g/mol. The average Bonchev–Trinajstić information content (AvgIpc) is 3.12. The lowest BCUT2D eigenvalue weighted by molar-refractivity contribution is -0.140. The highest BCUT2D eigenvalue weighted by Crippen LogP contribution is 2.42. The third-order valence-corrected chi connectivity index (χ3v) is 6.12. The first-order valence-corrected chi connectivity index (χ1v) is 12.8. The van der Waals surface area contributed by atoms with Gasteiger partial charge in [0.25, 0.3) is 11.7 Å². The van der Waals surface area contributed by atoms with Crippen molar-refractivity contribution in [1.29, 1.82) is 0 Å². The number of amides is 1. The average molecular weight is 511 g/mol. The van der Waals surface area contributed by atoms with E-state index in [1.54, 1.807) is 30.3 Å². The van der Waals surface area contributed by atoms with E-state index in [9.17, 15) is 14.7 Å². The highest BCUT2D eigenvalue weighted by atomic mass is 16.5. The first kappa shape index (κ1) is 28.1. The summed E-state index contributed by atoms with van der Waals surface area (Å²) in [4.78, 5) is 30.0. The Kier molecular flexibility index (Phi) is 9.58. The molecule has 1 heterocycles. The number of carbonyl (C=O) groups is 2. The quantitative estimate of drug-likeness (QED) is 0.254. The van der Waals surface area contributed by atoms with Gasteiger partial charge < -0.3 is 29.1 Å². The lowest BCUT2D eigenvalue weighted by atomic mass is 9.94. The van der Waals surface area contributed by atoms with Crippen LogP contribution in [0.4, 0.5) is 0 Å². The van der Waals surface area contributed by atoms with Crippen LogP contribution in [0.3, 0.4) is 0 Å². The van der Waals surface area contributed by atoms with E-state index in [1.807, 2.05) is 52.8 Å². The smallest absolute Gasteiger partial charge is 0.295 e. The Bertz CT molecular complexity index is 1160. The molecule has 0 saturated carbocycles. The number of aliphatic hydroxyl groups is 1. The van der Waals surface area contributed by atoms with Gasteiger partial charge in [-0.2, -0.15) is 0 Å². The van der Waals surface area contributed by atoms with E-state index >= 15 is 0 Å². The molecule has 0 aromatic heterocycles. The van der Waals surface area contributed by atoms with E-state index in [-0.39, 0.29) is 11.3 Å². The Morgan fingerprint density at radius 3 is 2.24 bits per heavy atom. The number of aryl methyl sites for hydroxylation is 1. The lowest BCUT2D eigenvalue weighted by Gasteiger charge is -2.27. The molecule has 1 amide bonds. The third-order valence-electron chi connectivity index (χ3n) is 6.12. The van der Waals surface area contributed by atoms with Crippen molar-refractivity contribution in [3.8, 4) is 17.2 Å². The van der Waals surface area contributed by atoms with Gasteiger partial charge in [0.15, 0.2) is 11.5 Å². The van der Waals surface area contributed by atoms with Crippen LogP contribution in [0.5, 0.6) is 17.2 Å². The molecule has 0 bridgehead atoms. The summed E-state index contributed by atoms with van der Waals surface area (Å²) in [6.45, 7) is 10.0. The molecule has 8 nitrogen and oxygen atoms in total. The third kappa shape index (κ3) is 6.25. The van der Waals surface area contributed by atoms with Crippen LogP contribution in [0.1, 0.15) is 49.9 Å². The Labute approximate surface area is 219 Å². The molecule has 8 heteroatoms. The van der Waals surface area contributed by atoms with Crippen LogP contribution >= 0.6 is 0 Å². The molecule has 1 atom stereocenters. The Morgan fingerprint density at radius 1 is 0.946 bits per heavy atom. The van der Waals surface area contributed by atoms with Crippen molar-refractivity contribution in [2.45, 2.75) is 40.2 Å². The van der Waals surface area contributed by atoms with E-state index < -0.39 is 17.7 Å². The van der Waals surface area contributed by atoms with E-state index in [2.05, 4.69) is 0 Å². The lowest BCUT2D eigenvalue weighted by Crippen LogP contribution is -2.35. The van der Waals surface area contributed by atoms with E-state index in [0.717, 1.165) is 12.0 Å². The van der Waals surface area contributed by atoms with Crippen LogP contribution in [0.25, 0.3) is 5.76 Å². The molecule has 2 aromatic rings. The normalized spacial score (nSPS) is 16.9. The summed E-state index contributed by atoms with van der Waals surface area (Å²) in [7, 11) is 3.81. The molecule has 1 N–H and O–H groups in total. The molecule has 1 saturated heterocycles. The number of hydrogen-bond acceptors (Lipinski definition) is 7. The fraction of sp³-hybridized carbons (Fsp3) is 0.448. The van der Waals surface area contributed by atoms with Gasteiger partial charge in [0, 0.05) is 18.7 Å². The molecule has 0 aliphatic carbocycles. The van der Waals surface area contributed by atoms with Gasteiger partial charge in [-0.1, -0.05) is 13.0 Å². The fourth-order valence-corrected chi connectivity index (χ4v) is 4.33. The predicted octanol–water partition coefficient (Wildman–Crippen LogP) is 4.56. The van der Waals surface area contributed by atoms with Crippen molar-refractivity contribution < 1.29 is 28.9 Å². The van der Waals surface area contributed by atoms with Crippen LogP contribution in [0.15, 0.2) is 42.0 Å². The van der Waals surface area contributed by atoms with Gasteiger partial charge in [0.05, 0.1) is 31.4 Å². The molecule has 200 valence electrons. The number of carbonyl (C=O) groups excluding carboxylic acids is 2. The summed E-state index contributed by atoms with van der Waals surface area (Å²) in [6, 6.07) is 9.86. The zero-order chi connectivity index (χ0) is 27.1. The van der Waals surface area contributed by atoms with Crippen molar-refractivity contribution in [3.05, 3.63) is 58.7 Å². The van der Waals surface area contributed by atoms with Crippen molar-refractivity contribution >= 4 is 17.4 Å². The fourth-order valence-electron chi connectivity index (χ4n) is 4.33. The maximum Gasteiger partial charge on any atom is 0.295 e. The predicted molar refractivity (Wildman–Crippen MR) is 143 cm³/mol. The second-order valence-electron chi connectivity index (χ2n) is 9.20. The summed E-state index contributed by atoms with van der Waals surface area (Å²) < 4.78 is 17.3. The molecule has 0 spiro atoms. The Morgan fingerprint density at radius 2 is 1.62 bits per heavy atom. The monoisotopic (exact) mass is 510 g/mol. The van der Waals surface area contributed by atoms with Crippen LogP contribution < -0.4 is 14.2 Å². The number of likely N-dealkylation sites (N-methyl/N-ethyl adjacent to an activating group) is 1. The molecule has 37 heavy (non-hydrogen) atoms. The second-order valence-corrected chi connectivity index (χ2v) is 9.20. The molecular formula is C29H38N2O6. The van der Waals surface area contributed by atoms with E-state index in [1.165, 1.54) is 4.90 Å². The number of Topliss-reactive ketones (excluding diaryl/α,β-unsaturated/α-hetero) is 1. The summed E-state index contributed by atoms with van der Waals surface area (Å²) in [5.41, 5.74) is 1.99. The maximum absolute atomic E-state index is 13.3. The van der Waals surface area contributed by atoms with Gasteiger partial charge in [-0.15, -0.1) is 0 Å². The molecule has 1 fully saturated rings. The number of aliphatic hydroxyl groups excluding tert-OH is 1. The maximum atomic E-state index is 13.3. The standard InChI is InChI=1S/C29H38N2O6/c1-7-16-37-22-12-11-21(17-19(22)4)27(32)25-26(31(15-14-30(5)6)29(34)28(25)33)20-10-13-23(35-8-2)24(18-20)36-9-3/h10-13,17-18,26,32H,7-9,14-16H2,1-6H3/b27-25-. The Hall–Kier alpha value is -3.52. The van der Waals surface area contributed by atoms with E-state index in [4.69, 9.17) is 14.2 Å². The SMILES string of the molecule is CCCOc1ccc(/C(O)=C2/C(=O)C(=O)N(CCN(C)C)C2c2ccc(OCC)c(OCC)c2)cc1C. The van der Waals surface area contributed by atoms with Gasteiger partial charge >= 0.3 is 0 Å². The summed E-state index contributed by atoms with van der Waals surface area (Å²) in [5.74, 6) is 0.254. The number of rotatable bonds is 12. The van der Waals surface area contributed by atoms with Crippen molar-refractivity contribution in [2.75, 3.05) is 47.0 Å². The zero-order valence-corrected chi connectivity index (χ0v) is 22.7. The first-order valence-electron chi connectivity index (χ1n) is 12.8. The molecule has 1 aliphatic rings. The molecule has 2 aromatic carbocycles. The topological polar surface area (TPSA) is 88.5 Å². The number of ketones is 1. The Balaban J connectivity index is 2.15. The highest BCUT2D eigenvalue weighted by molar-refractivity contribution is 6.46. The van der Waals surface area contributed by atoms with Crippen LogP contribution in [-0.2, 0) is 9.59 Å². The van der Waals surface area contributed by atoms with Gasteiger partial charge in [-0.25, -0.2) is 0 Å². The molecule has 0 radical (unpaired) electrons. The summed E-state index contributed by atoms with van der Waals surface area (Å²) in [6.07, 6.45) is 0.878. The molecule has 1 aliphatic heterocycles. The molecule has 3 rings (SSSR count). The minimum atomic E-state index is -0.772. The van der Waals surface area contributed by atoms with E-state index in [0.29, 0.717) is 61.3 Å². The summed E-state index contributed by atoms with van der Waals surface area (Å²) >= 11 is 0. The molecule has 1 unspecified atom stereocenters. The van der Waals surface area contributed by atoms with Crippen LogP contribution in [0, 0.1) is 6.92 Å². The minimum Gasteiger partial charge on any atom is -0.507 e. The highest BCUT2D eigenvalue weighted by Gasteiger charge is 2.46. The zero-order valence-electron chi connectivity index (χ0n) is 22.7.